The van der Waals surface area contributed by atoms with Crippen LogP contribution in [0.25, 0.3) is 11.0 Å². The summed E-state index contributed by atoms with van der Waals surface area (Å²) in [6.07, 6.45) is -4.78. The Morgan fingerprint density at radius 3 is 2.11 bits per heavy atom. The van der Waals surface area contributed by atoms with Crippen LogP contribution in [0.1, 0.15) is 21.6 Å². The van der Waals surface area contributed by atoms with Crippen molar-refractivity contribution in [3.63, 3.8) is 0 Å². The van der Waals surface area contributed by atoms with Crippen molar-refractivity contribution in [2.45, 2.75) is 20.2 Å². The Hall–Kier alpha value is -3.36. The van der Waals surface area contributed by atoms with Gasteiger partial charge in [-0.1, -0.05) is 0 Å². The van der Waals surface area contributed by atoms with E-state index < -0.39 is 12.3 Å². The predicted molar refractivity (Wildman–Crippen MR) is 96.6 cm³/mol. The number of carbonyl (C=O) groups excluding carboxylic acids is 1. The molecule has 1 amide bonds. The van der Waals surface area contributed by atoms with Crippen molar-refractivity contribution in [1.29, 1.82) is 0 Å². The summed E-state index contributed by atoms with van der Waals surface area (Å²) in [5, 5.41) is 2.56. The number of rotatable bonds is 4. The van der Waals surface area contributed by atoms with Crippen molar-refractivity contribution in [2.75, 3.05) is 12.4 Å². The highest BCUT2D eigenvalue weighted by molar-refractivity contribution is 6.05. The third-order valence-electron chi connectivity index (χ3n) is 4.00. The Labute approximate surface area is 158 Å². The van der Waals surface area contributed by atoms with E-state index in [-0.39, 0.29) is 23.0 Å². The molecule has 1 N–H and O–H groups in total. The van der Waals surface area contributed by atoms with Crippen LogP contribution in [0, 0.1) is 13.8 Å². The molecule has 0 spiro atoms. The first-order chi connectivity index (χ1) is 13.2. The van der Waals surface area contributed by atoms with E-state index >= 15 is 0 Å². The topological polar surface area (TPSA) is 73.3 Å². The monoisotopic (exact) mass is 391 g/mol. The van der Waals surface area contributed by atoms with Crippen LogP contribution in [0.3, 0.4) is 0 Å². The highest BCUT2D eigenvalue weighted by Crippen LogP contribution is 2.25. The SMILES string of the molecule is COc1nc2cc(C)c(C)cc2nc1C(=O)Nc1ccc(OC(F)(F)F)cc1. The molecule has 0 atom stereocenters. The first kappa shape index (κ1) is 19.4. The summed E-state index contributed by atoms with van der Waals surface area (Å²) >= 11 is 0. The summed E-state index contributed by atoms with van der Waals surface area (Å²) in [5.41, 5.74) is 3.38. The summed E-state index contributed by atoms with van der Waals surface area (Å²) in [6, 6.07) is 8.43. The predicted octanol–water partition coefficient (Wildman–Crippen LogP) is 4.41. The molecule has 0 fully saturated rings. The van der Waals surface area contributed by atoms with E-state index in [9.17, 15) is 18.0 Å². The van der Waals surface area contributed by atoms with Gasteiger partial charge in [0.05, 0.1) is 18.1 Å². The van der Waals surface area contributed by atoms with Crippen LogP contribution in [0.4, 0.5) is 18.9 Å². The fraction of sp³-hybridized carbons (Fsp3) is 0.211. The van der Waals surface area contributed by atoms with Crippen molar-refractivity contribution in [3.8, 4) is 11.6 Å². The van der Waals surface area contributed by atoms with Crippen LogP contribution in [0.2, 0.25) is 0 Å². The molecule has 0 aliphatic rings. The Bertz CT molecular complexity index is 1030. The Balaban J connectivity index is 1.87. The molecule has 0 unspecified atom stereocenters. The third kappa shape index (κ3) is 4.30. The van der Waals surface area contributed by atoms with Crippen molar-refractivity contribution < 1.29 is 27.4 Å². The fourth-order valence-electron chi connectivity index (χ4n) is 2.52. The minimum absolute atomic E-state index is 0.0335. The highest BCUT2D eigenvalue weighted by atomic mass is 19.4. The number of anilines is 1. The number of aryl methyl sites for hydroxylation is 2. The maximum absolute atomic E-state index is 12.6. The lowest BCUT2D eigenvalue weighted by molar-refractivity contribution is -0.274. The first-order valence-corrected chi connectivity index (χ1v) is 8.16. The molecule has 1 aromatic heterocycles. The van der Waals surface area contributed by atoms with Gasteiger partial charge in [0.1, 0.15) is 5.75 Å². The Morgan fingerprint density at radius 2 is 1.57 bits per heavy atom. The van der Waals surface area contributed by atoms with E-state index in [1.165, 1.54) is 19.2 Å². The summed E-state index contributed by atoms with van der Waals surface area (Å²) in [5.74, 6) is -0.946. The number of methoxy groups -OCH3 is 1. The Kier molecular flexibility index (Phi) is 5.08. The molecule has 0 aliphatic heterocycles. The summed E-state index contributed by atoms with van der Waals surface area (Å²) in [4.78, 5) is 21.3. The molecule has 9 heteroatoms. The van der Waals surface area contributed by atoms with Crippen LogP contribution < -0.4 is 14.8 Å². The van der Waals surface area contributed by atoms with Crippen LogP contribution in [0.5, 0.6) is 11.6 Å². The van der Waals surface area contributed by atoms with Gasteiger partial charge in [-0.25, -0.2) is 9.97 Å². The largest absolute Gasteiger partial charge is 0.573 e. The third-order valence-corrected chi connectivity index (χ3v) is 4.00. The van der Waals surface area contributed by atoms with E-state index in [1.54, 1.807) is 0 Å². The van der Waals surface area contributed by atoms with Crippen molar-refractivity contribution in [3.05, 3.63) is 53.2 Å². The van der Waals surface area contributed by atoms with E-state index in [0.717, 1.165) is 23.3 Å². The number of nitrogens with zero attached hydrogens (tertiary/aromatic N) is 2. The van der Waals surface area contributed by atoms with E-state index in [0.29, 0.717) is 11.0 Å². The number of ether oxygens (including phenoxy) is 2. The molecule has 6 nitrogen and oxygen atoms in total. The van der Waals surface area contributed by atoms with Gasteiger partial charge >= 0.3 is 6.36 Å². The highest BCUT2D eigenvalue weighted by Gasteiger charge is 2.31. The van der Waals surface area contributed by atoms with E-state index in [4.69, 9.17) is 4.74 Å². The van der Waals surface area contributed by atoms with Crippen molar-refractivity contribution >= 4 is 22.6 Å². The normalized spacial score (nSPS) is 11.4. The van der Waals surface area contributed by atoms with Gasteiger partial charge in [0, 0.05) is 5.69 Å². The lowest BCUT2D eigenvalue weighted by atomic mass is 10.1. The smallest absolute Gasteiger partial charge is 0.479 e. The number of halogens is 3. The summed E-state index contributed by atoms with van der Waals surface area (Å²) < 4.78 is 45.6. The van der Waals surface area contributed by atoms with Gasteiger partial charge in [-0.15, -0.1) is 13.2 Å². The molecule has 2 aromatic carbocycles. The maximum Gasteiger partial charge on any atom is 0.573 e. The van der Waals surface area contributed by atoms with Crippen LogP contribution >= 0.6 is 0 Å². The fourth-order valence-corrected chi connectivity index (χ4v) is 2.52. The molecule has 146 valence electrons. The number of amides is 1. The second-order valence-corrected chi connectivity index (χ2v) is 6.03. The minimum Gasteiger partial charge on any atom is -0.479 e. The zero-order chi connectivity index (χ0) is 20.5. The number of hydrogen-bond donors (Lipinski definition) is 1. The number of alkyl halides is 3. The number of hydrogen-bond acceptors (Lipinski definition) is 5. The number of benzene rings is 2. The van der Waals surface area contributed by atoms with Gasteiger partial charge in [-0.3, -0.25) is 4.79 Å². The Morgan fingerprint density at radius 1 is 1.00 bits per heavy atom. The lowest BCUT2D eigenvalue weighted by Crippen LogP contribution is -2.17. The van der Waals surface area contributed by atoms with Crippen LogP contribution in [-0.4, -0.2) is 29.3 Å². The van der Waals surface area contributed by atoms with Gasteiger partial charge in [0.2, 0.25) is 5.88 Å². The van der Waals surface area contributed by atoms with Gasteiger partial charge in [-0.05, 0) is 61.4 Å². The van der Waals surface area contributed by atoms with Gasteiger partial charge in [0.15, 0.2) is 5.69 Å². The molecular weight excluding hydrogens is 375 g/mol. The van der Waals surface area contributed by atoms with E-state index in [2.05, 4.69) is 20.0 Å². The average Bonchev–Trinajstić information content (AvgIpc) is 2.62. The molecular formula is C19H16F3N3O3. The van der Waals surface area contributed by atoms with Gasteiger partial charge in [0.25, 0.3) is 5.91 Å². The molecule has 0 aliphatic carbocycles. The van der Waals surface area contributed by atoms with E-state index in [1.807, 2.05) is 26.0 Å². The zero-order valence-electron chi connectivity index (χ0n) is 15.2. The standard InChI is InChI=1S/C19H16F3N3O3/c1-10-8-14-15(9-11(10)2)25-18(27-3)16(24-14)17(26)23-12-4-6-13(7-5-12)28-19(20,21)22/h4-9H,1-3H3,(H,23,26). The molecule has 1 heterocycles. The summed E-state index contributed by atoms with van der Waals surface area (Å²) in [6.45, 7) is 3.86. The summed E-state index contributed by atoms with van der Waals surface area (Å²) in [7, 11) is 1.37. The quantitative estimate of drug-likeness (QED) is 0.713. The second-order valence-electron chi connectivity index (χ2n) is 6.03. The van der Waals surface area contributed by atoms with Gasteiger partial charge in [-0.2, -0.15) is 0 Å². The molecule has 0 saturated carbocycles. The maximum atomic E-state index is 12.6. The molecule has 3 aromatic rings. The first-order valence-electron chi connectivity index (χ1n) is 8.16. The number of nitrogens with one attached hydrogen (secondary N) is 1. The van der Waals surface area contributed by atoms with Crippen molar-refractivity contribution in [2.24, 2.45) is 0 Å². The molecule has 0 saturated heterocycles. The number of aromatic nitrogens is 2. The second kappa shape index (κ2) is 7.34. The molecule has 0 bridgehead atoms. The lowest BCUT2D eigenvalue weighted by Gasteiger charge is -2.11. The van der Waals surface area contributed by atoms with Gasteiger partial charge < -0.3 is 14.8 Å². The number of carbonyl (C=O) groups is 1. The minimum atomic E-state index is -4.78. The van der Waals surface area contributed by atoms with Crippen LogP contribution in [0.15, 0.2) is 36.4 Å². The molecule has 0 radical (unpaired) electrons. The van der Waals surface area contributed by atoms with Crippen molar-refractivity contribution in [1.82, 2.24) is 9.97 Å². The molecule has 28 heavy (non-hydrogen) atoms. The van der Waals surface area contributed by atoms with Crippen LogP contribution in [-0.2, 0) is 0 Å². The molecule has 3 rings (SSSR count). The number of fused-ring (bicyclic) bond motifs is 1. The zero-order valence-corrected chi connectivity index (χ0v) is 15.2. The average molecular weight is 391 g/mol.